The van der Waals surface area contributed by atoms with Crippen LogP contribution >= 0.6 is 11.6 Å². The van der Waals surface area contributed by atoms with Crippen molar-refractivity contribution >= 4 is 17.4 Å². The van der Waals surface area contributed by atoms with Crippen molar-refractivity contribution in [1.82, 2.24) is 14.9 Å². The number of methoxy groups -OCH3 is 1. The summed E-state index contributed by atoms with van der Waals surface area (Å²) in [6, 6.07) is 8.15. The molecule has 1 aliphatic rings. The van der Waals surface area contributed by atoms with Crippen LogP contribution in [0.2, 0.25) is 5.02 Å². The Hall–Kier alpha value is -1.69. The molecule has 24 heavy (non-hydrogen) atoms. The van der Waals surface area contributed by atoms with Crippen molar-refractivity contribution < 1.29 is 4.74 Å². The second-order valence-corrected chi connectivity index (χ2v) is 6.48. The van der Waals surface area contributed by atoms with Crippen molar-refractivity contribution in [1.29, 1.82) is 0 Å². The van der Waals surface area contributed by atoms with Crippen molar-refractivity contribution in [2.45, 2.75) is 26.5 Å². The zero-order valence-corrected chi connectivity index (χ0v) is 14.9. The third-order valence-electron chi connectivity index (χ3n) is 4.20. The summed E-state index contributed by atoms with van der Waals surface area (Å²) in [5, 5.41) is 4.29. The van der Waals surface area contributed by atoms with Crippen molar-refractivity contribution in [3.05, 3.63) is 51.9 Å². The van der Waals surface area contributed by atoms with Gasteiger partial charge in [-0.25, -0.2) is 9.97 Å². The minimum Gasteiger partial charge on any atom is -0.377 e. The predicted molar refractivity (Wildman–Crippen MR) is 96.4 cm³/mol. The number of halogens is 1. The highest BCUT2D eigenvalue weighted by Gasteiger charge is 2.17. The number of aryl methyl sites for hydroxylation is 1. The van der Waals surface area contributed by atoms with E-state index in [2.05, 4.69) is 26.3 Å². The molecule has 0 saturated heterocycles. The van der Waals surface area contributed by atoms with Crippen LogP contribution in [0.4, 0.5) is 5.82 Å². The summed E-state index contributed by atoms with van der Waals surface area (Å²) < 4.78 is 5.11. The van der Waals surface area contributed by atoms with Crippen LogP contribution in [0, 0.1) is 6.92 Å². The fraction of sp³-hybridized carbons (Fsp3) is 0.444. The molecule has 6 heteroatoms. The Morgan fingerprint density at radius 2 is 2.21 bits per heavy atom. The quantitative estimate of drug-likeness (QED) is 0.871. The van der Waals surface area contributed by atoms with Crippen LogP contribution in [-0.2, 0) is 24.3 Å². The van der Waals surface area contributed by atoms with Gasteiger partial charge in [0.05, 0.1) is 0 Å². The van der Waals surface area contributed by atoms with Crippen LogP contribution in [0.25, 0.3) is 0 Å². The summed E-state index contributed by atoms with van der Waals surface area (Å²) in [4.78, 5) is 11.3. The Labute approximate surface area is 148 Å². The van der Waals surface area contributed by atoms with Crippen LogP contribution in [0.15, 0.2) is 24.3 Å². The zero-order valence-electron chi connectivity index (χ0n) is 14.2. The van der Waals surface area contributed by atoms with E-state index in [0.29, 0.717) is 12.4 Å². The van der Waals surface area contributed by atoms with Gasteiger partial charge in [0.2, 0.25) is 0 Å². The smallest absolute Gasteiger partial charge is 0.156 e. The molecule has 0 radical (unpaired) electrons. The van der Waals surface area contributed by atoms with Gasteiger partial charge in [-0.2, -0.15) is 0 Å². The Morgan fingerprint density at radius 1 is 1.33 bits per heavy atom. The molecule has 0 fully saturated rings. The van der Waals surface area contributed by atoms with E-state index in [1.165, 1.54) is 11.1 Å². The summed E-state index contributed by atoms with van der Waals surface area (Å²) >= 11 is 6.27. The SMILES string of the molecule is COCc1nc(C)cc(NCCN2CCc3c(Cl)cccc3C2)n1. The second kappa shape index (κ2) is 7.92. The Bertz CT molecular complexity index is 707. The third-order valence-corrected chi connectivity index (χ3v) is 4.55. The van der Waals surface area contributed by atoms with E-state index >= 15 is 0 Å². The molecule has 1 aliphatic heterocycles. The average Bonchev–Trinajstić information content (AvgIpc) is 2.55. The Morgan fingerprint density at radius 3 is 3.04 bits per heavy atom. The van der Waals surface area contributed by atoms with Gasteiger partial charge in [0.15, 0.2) is 5.82 Å². The van der Waals surface area contributed by atoms with Crippen molar-refractivity contribution in [2.24, 2.45) is 0 Å². The monoisotopic (exact) mass is 346 g/mol. The zero-order chi connectivity index (χ0) is 16.9. The highest BCUT2D eigenvalue weighted by atomic mass is 35.5. The van der Waals surface area contributed by atoms with Gasteiger partial charge in [-0.1, -0.05) is 23.7 Å². The van der Waals surface area contributed by atoms with Gasteiger partial charge in [-0.05, 0) is 30.5 Å². The van der Waals surface area contributed by atoms with Crippen LogP contribution in [0.5, 0.6) is 0 Å². The summed E-state index contributed by atoms with van der Waals surface area (Å²) in [5.41, 5.74) is 3.59. The van der Waals surface area contributed by atoms with Gasteiger partial charge in [-0.3, -0.25) is 4.90 Å². The van der Waals surface area contributed by atoms with Gasteiger partial charge in [0, 0.05) is 50.1 Å². The number of nitrogens with one attached hydrogen (secondary N) is 1. The van der Waals surface area contributed by atoms with E-state index in [9.17, 15) is 0 Å². The van der Waals surface area contributed by atoms with E-state index in [1.54, 1.807) is 7.11 Å². The first-order valence-electron chi connectivity index (χ1n) is 8.21. The van der Waals surface area contributed by atoms with Crippen molar-refractivity contribution in [3.63, 3.8) is 0 Å². The number of rotatable bonds is 6. The number of fused-ring (bicyclic) bond motifs is 1. The van der Waals surface area contributed by atoms with E-state index in [4.69, 9.17) is 16.3 Å². The van der Waals surface area contributed by atoms with Crippen LogP contribution in [0.3, 0.4) is 0 Å². The summed E-state index contributed by atoms with van der Waals surface area (Å²) in [5.74, 6) is 1.57. The van der Waals surface area contributed by atoms with E-state index in [1.807, 2.05) is 25.1 Å². The molecule has 1 aromatic carbocycles. The maximum atomic E-state index is 6.27. The van der Waals surface area contributed by atoms with Crippen LogP contribution in [0.1, 0.15) is 22.6 Å². The highest BCUT2D eigenvalue weighted by molar-refractivity contribution is 6.31. The second-order valence-electron chi connectivity index (χ2n) is 6.07. The lowest BCUT2D eigenvalue weighted by atomic mass is 10.00. The Kier molecular flexibility index (Phi) is 5.66. The lowest BCUT2D eigenvalue weighted by Gasteiger charge is -2.29. The van der Waals surface area contributed by atoms with E-state index in [0.717, 1.165) is 49.1 Å². The molecule has 0 spiro atoms. The number of hydrogen-bond acceptors (Lipinski definition) is 5. The van der Waals surface area contributed by atoms with Crippen LogP contribution < -0.4 is 5.32 Å². The standard InChI is InChI=1S/C18H23ClN4O/c1-13-10-17(22-18(21-13)12-24-2)20-7-9-23-8-6-15-14(11-23)4-3-5-16(15)19/h3-5,10H,6-9,11-12H2,1-2H3,(H,20,21,22). The first-order valence-corrected chi connectivity index (χ1v) is 8.59. The molecule has 3 rings (SSSR count). The van der Waals surface area contributed by atoms with Gasteiger partial charge in [0.25, 0.3) is 0 Å². The number of aromatic nitrogens is 2. The molecular formula is C18H23ClN4O. The molecule has 1 aromatic heterocycles. The fourth-order valence-corrected chi connectivity index (χ4v) is 3.36. The molecule has 0 unspecified atom stereocenters. The van der Waals surface area contributed by atoms with Crippen molar-refractivity contribution in [2.75, 3.05) is 32.1 Å². The molecule has 1 N–H and O–H groups in total. The fourth-order valence-electron chi connectivity index (χ4n) is 3.07. The molecule has 128 valence electrons. The van der Waals surface area contributed by atoms with Gasteiger partial charge in [0.1, 0.15) is 12.4 Å². The third kappa shape index (κ3) is 4.23. The lowest BCUT2D eigenvalue weighted by molar-refractivity contribution is 0.177. The lowest BCUT2D eigenvalue weighted by Crippen LogP contribution is -2.34. The van der Waals surface area contributed by atoms with Gasteiger partial charge in [-0.15, -0.1) is 0 Å². The molecule has 0 bridgehead atoms. The number of benzene rings is 1. The molecule has 5 nitrogen and oxygen atoms in total. The molecule has 0 aliphatic carbocycles. The molecule has 2 aromatic rings. The number of hydrogen-bond donors (Lipinski definition) is 1. The van der Waals surface area contributed by atoms with Gasteiger partial charge >= 0.3 is 0 Å². The molecule has 0 saturated carbocycles. The topological polar surface area (TPSA) is 50.3 Å². The largest absolute Gasteiger partial charge is 0.377 e. The normalized spacial score (nSPS) is 14.5. The first kappa shape index (κ1) is 17.1. The number of nitrogens with zero attached hydrogens (tertiary/aromatic N) is 3. The van der Waals surface area contributed by atoms with Gasteiger partial charge < -0.3 is 10.1 Å². The Balaban J connectivity index is 1.54. The minimum atomic E-state index is 0.431. The maximum absolute atomic E-state index is 6.27. The summed E-state index contributed by atoms with van der Waals surface area (Å²) in [6.07, 6.45) is 1.01. The predicted octanol–water partition coefficient (Wildman–Crippen LogP) is 3.06. The molecular weight excluding hydrogens is 324 g/mol. The van der Waals surface area contributed by atoms with E-state index < -0.39 is 0 Å². The summed E-state index contributed by atoms with van der Waals surface area (Å²) in [6.45, 7) is 6.20. The molecule has 2 heterocycles. The van der Waals surface area contributed by atoms with Crippen molar-refractivity contribution in [3.8, 4) is 0 Å². The minimum absolute atomic E-state index is 0.431. The maximum Gasteiger partial charge on any atom is 0.156 e. The van der Waals surface area contributed by atoms with Crippen LogP contribution in [-0.4, -0.2) is 41.6 Å². The number of anilines is 1. The van der Waals surface area contributed by atoms with E-state index in [-0.39, 0.29) is 0 Å². The average molecular weight is 347 g/mol. The molecule has 0 atom stereocenters. The number of ether oxygens (including phenoxy) is 1. The first-order chi connectivity index (χ1) is 11.7. The highest BCUT2D eigenvalue weighted by Crippen LogP contribution is 2.25. The molecule has 0 amide bonds. The summed E-state index contributed by atoms with van der Waals surface area (Å²) in [7, 11) is 1.65.